The minimum absolute atomic E-state index is 0. The molecule has 0 bridgehead atoms. The smallest absolute Gasteiger partial charge is 0.416 e. The first-order chi connectivity index (χ1) is 34.2. The normalized spacial score (nSPS) is 31.7. The number of carboxylic acid groups (broad SMARTS) is 1. The molecule has 2 aliphatic heterocycles. The summed E-state index contributed by atoms with van der Waals surface area (Å²) in [5.74, 6) is -0.0102. The molecule has 15 heteroatoms. The molecule has 388 valence electrons. The fraction of sp³-hybridized carbons (Fsp3) is 0.483. The number of nitrogens with zero attached hydrogens (tertiary/aromatic N) is 2. The highest BCUT2D eigenvalue weighted by molar-refractivity contribution is 5.79. The third-order valence-corrected chi connectivity index (χ3v) is 16.8. The van der Waals surface area contributed by atoms with Crippen molar-refractivity contribution in [3.05, 3.63) is 120 Å². The number of ether oxygens (including phenoxy) is 2. The summed E-state index contributed by atoms with van der Waals surface area (Å²) in [5.41, 5.74) is 2.09. The van der Waals surface area contributed by atoms with Gasteiger partial charge in [0.25, 0.3) is 0 Å². The van der Waals surface area contributed by atoms with Crippen molar-refractivity contribution in [1.82, 2.24) is 9.97 Å². The van der Waals surface area contributed by atoms with E-state index in [1.807, 2.05) is 26.0 Å². The number of benzene rings is 2. The predicted octanol–water partition coefficient (Wildman–Crippen LogP) is 13.3. The molecule has 9 nitrogen and oxygen atoms in total. The maximum absolute atomic E-state index is 13.1. The molecule has 0 radical (unpaired) electrons. The van der Waals surface area contributed by atoms with Gasteiger partial charge in [-0.1, -0.05) is 56.0 Å². The number of aromatic nitrogens is 2. The van der Waals surface area contributed by atoms with Crippen LogP contribution in [0.2, 0.25) is 0 Å². The quantitative estimate of drug-likeness (QED) is 0.135. The molecule has 2 aromatic heterocycles. The second-order valence-corrected chi connectivity index (χ2v) is 20.9. The molecule has 10 rings (SSSR count). The van der Waals surface area contributed by atoms with Crippen LogP contribution in [-0.4, -0.2) is 51.0 Å². The Balaban J connectivity index is 0.000000192. The Morgan fingerprint density at radius 2 is 1.03 bits per heavy atom. The third kappa shape index (κ3) is 11.4. The molecule has 0 spiro atoms. The lowest BCUT2D eigenvalue weighted by Crippen LogP contribution is -2.44. The Labute approximate surface area is 421 Å². The number of Topliss-reactive ketones (excluding diaryl/α,β-unsaturated/α-hetero) is 1. The van der Waals surface area contributed by atoms with Gasteiger partial charge in [0.1, 0.15) is 18.0 Å². The van der Waals surface area contributed by atoms with Gasteiger partial charge in [0.2, 0.25) is 0 Å². The van der Waals surface area contributed by atoms with Crippen LogP contribution >= 0.6 is 0 Å². The fourth-order valence-corrected chi connectivity index (χ4v) is 13.3. The SMILES string of the molecule is C.CC(=O)[C@@H]1CC[C@@H]2[C@@H](C1)C[C@H]1C(=O)O[C@H](C)[C@H]1[C@H]2/C=C/c1ccc(-c2cccc(C(F)(F)F)c2)cn1.C[C@H]1OC(=O)[C@@H]2C[C@@H]3C[C@H](C(=O)O)CC[C@H]3[C@H](/C=C/c3ccc(-c4cccc(C(F)(F)F)c4)cn3)[C@H]12. The molecular weight excluding hydrogens is 951 g/mol. The molecule has 6 aliphatic rings. The molecule has 4 aliphatic carbocycles. The number of pyridine rings is 2. The zero-order valence-corrected chi connectivity index (χ0v) is 40.2. The first kappa shape index (κ1) is 53.2. The highest BCUT2D eigenvalue weighted by atomic mass is 19.4. The summed E-state index contributed by atoms with van der Waals surface area (Å²) in [5, 5.41) is 9.52. The van der Waals surface area contributed by atoms with Gasteiger partial charge in [-0.15, -0.1) is 0 Å². The van der Waals surface area contributed by atoms with Gasteiger partial charge in [-0.05, 0) is 167 Å². The van der Waals surface area contributed by atoms with E-state index in [9.17, 15) is 50.6 Å². The molecule has 73 heavy (non-hydrogen) atoms. The number of hydrogen-bond acceptors (Lipinski definition) is 8. The van der Waals surface area contributed by atoms with Crippen LogP contribution in [0.4, 0.5) is 26.3 Å². The molecule has 1 N–H and O–H groups in total. The van der Waals surface area contributed by atoms with Crippen molar-refractivity contribution in [3.8, 4) is 22.3 Å². The zero-order chi connectivity index (χ0) is 51.2. The van der Waals surface area contributed by atoms with Crippen molar-refractivity contribution in [3.63, 3.8) is 0 Å². The van der Waals surface area contributed by atoms with E-state index in [1.54, 1.807) is 55.7 Å². The number of cyclic esters (lactones) is 2. The first-order valence-electron chi connectivity index (χ1n) is 25.0. The predicted molar refractivity (Wildman–Crippen MR) is 262 cm³/mol. The van der Waals surface area contributed by atoms with E-state index < -0.39 is 29.4 Å². The van der Waals surface area contributed by atoms with E-state index in [4.69, 9.17) is 9.47 Å². The number of carboxylic acids is 1. The summed E-state index contributed by atoms with van der Waals surface area (Å²) in [7, 11) is 0. The van der Waals surface area contributed by atoms with E-state index in [1.165, 1.54) is 12.1 Å². The molecule has 4 saturated carbocycles. The average molecular weight is 1010 g/mol. The van der Waals surface area contributed by atoms with Crippen LogP contribution in [0.5, 0.6) is 0 Å². The van der Waals surface area contributed by atoms with E-state index in [0.717, 1.165) is 56.4 Å². The molecule has 14 atom stereocenters. The van der Waals surface area contributed by atoms with E-state index in [-0.39, 0.29) is 96.5 Å². The number of aliphatic carboxylic acids is 1. The number of allylic oxidation sites excluding steroid dienone is 2. The monoisotopic (exact) mass is 1010 g/mol. The maximum Gasteiger partial charge on any atom is 0.416 e. The van der Waals surface area contributed by atoms with Crippen LogP contribution in [0.15, 0.2) is 97.3 Å². The zero-order valence-electron chi connectivity index (χ0n) is 40.2. The summed E-state index contributed by atoms with van der Waals surface area (Å²) < 4.78 is 89.6. The maximum atomic E-state index is 13.1. The minimum Gasteiger partial charge on any atom is -0.481 e. The van der Waals surface area contributed by atoms with Gasteiger partial charge >= 0.3 is 30.3 Å². The molecular formula is C58H62F6N2O7. The molecule has 4 aromatic rings. The number of esters is 2. The topological polar surface area (TPSA) is 133 Å². The molecule has 6 fully saturated rings. The summed E-state index contributed by atoms with van der Waals surface area (Å²) in [6, 6.07) is 17.5. The lowest BCUT2D eigenvalue weighted by Gasteiger charge is -2.47. The summed E-state index contributed by atoms with van der Waals surface area (Å²) in [6.45, 7) is 5.55. The number of halogens is 6. The van der Waals surface area contributed by atoms with E-state index >= 15 is 0 Å². The number of carbonyl (C=O) groups excluding carboxylic acids is 3. The Hall–Kier alpha value is -6.12. The number of alkyl halides is 6. The number of carbonyl (C=O) groups is 4. The largest absolute Gasteiger partial charge is 0.481 e. The number of fused-ring (bicyclic) bond motifs is 4. The average Bonchev–Trinajstić information content (AvgIpc) is 3.81. The minimum atomic E-state index is -4.41. The van der Waals surface area contributed by atoms with Gasteiger partial charge in [0.05, 0.1) is 40.3 Å². The van der Waals surface area contributed by atoms with Crippen LogP contribution in [-0.2, 0) is 41.0 Å². The number of hydrogen-bond donors (Lipinski definition) is 1. The lowest BCUT2D eigenvalue weighted by atomic mass is 9.56. The van der Waals surface area contributed by atoms with Crippen molar-refractivity contribution >= 4 is 35.8 Å². The molecule has 2 aromatic carbocycles. The van der Waals surface area contributed by atoms with Crippen LogP contribution in [0.25, 0.3) is 34.4 Å². The molecule has 0 amide bonds. The van der Waals surface area contributed by atoms with Crippen LogP contribution in [0.3, 0.4) is 0 Å². The van der Waals surface area contributed by atoms with Gasteiger partial charge < -0.3 is 14.6 Å². The summed E-state index contributed by atoms with van der Waals surface area (Å²) >= 11 is 0. The Morgan fingerprint density at radius 1 is 0.603 bits per heavy atom. The first-order valence-corrected chi connectivity index (χ1v) is 25.0. The van der Waals surface area contributed by atoms with Crippen LogP contribution < -0.4 is 0 Å². The Kier molecular flexibility index (Phi) is 15.6. The Morgan fingerprint density at radius 3 is 1.41 bits per heavy atom. The van der Waals surface area contributed by atoms with Crippen molar-refractivity contribution in [1.29, 1.82) is 0 Å². The molecule has 2 saturated heterocycles. The highest BCUT2D eigenvalue weighted by Crippen LogP contribution is 2.56. The third-order valence-electron chi connectivity index (χ3n) is 16.8. The van der Waals surface area contributed by atoms with Crippen molar-refractivity contribution in [2.45, 2.75) is 104 Å². The van der Waals surface area contributed by atoms with Gasteiger partial charge in [-0.2, -0.15) is 26.3 Å². The van der Waals surface area contributed by atoms with Crippen molar-refractivity contribution < 1.29 is 60.1 Å². The fourth-order valence-electron chi connectivity index (χ4n) is 13.3. The standard InChI is InChI=1S/C29H30F3NO3.C28H28F3NO4.CH4/c1-16(34)18-7-10-24-21(12-18)14-26-27(17(2)36-28(26)35)25(24)11-9-23-8-6-20(15-33-23)19-4-3-5-22(13-19)29(30,31)32;1-15-25-23(22-9-6-17(26(33)34)11-19(22)13-24(25)27(35)36-15)10-8-21-7-5-18(14-32-21)16-3-2-4-20(12-16)28(29,30)31;/h3-6,8-9,11,13,15,17-18,21,24-27H,7,10,12,14H2,1-2H3;2-5,7-8,10,12,14-15,17,19,22-25H,6,9,11,13H2,1H3,(H,33,34);1H4/b11-9+;10-8+;/t17-,18-,21+,24-,25+,26-,27+;15-,17-,19+,22-,23+,24-,25+;/m11./s1. The Bertz CT molecular complexity index is 2530. The number of ketones is 1. The number of rotatable bonds is 8. The highest BCUT2D eigenvalue weighted by Gasteiger charge is 2.56. The second kappa shape index (κ2) is 21.4. The summed E-state index contributed by atoms with van der Waals surface area (Å²) in [4.78, 5) is 57.7. The van der Waals surface area contributed by atoms with Crippen LogP contribution in [0.1, 0.15) is 102 Å². The molecule has 4 heterocycles. The second-order valence-electron chi connectivity index (χ2n) is 20.9. The van der Waals surface area contributed by atoms with Crippen molar-refractivity contribution in [2.75, 3.05) is 0 Å². The van der Waals surface area contributed by atoms with Crippen molar-refractivity contribution in [2.24, 2.45) is 71.0 Å². The van der Waals surface area contributed by atoms with Gasteiger partial charge in [-0.25, -0.2) is 0 Å². The van der Waals surface area contributed by atoms with Crippen LogP contribution in [0, 0.1) is 71.0 Å². The van der Waals surface area contributed by atoms with Gasteiger partial charge in [-0.3, -0.25) is 29.1 Å². The molecule has 0 unspecified atom stereocenters. The van der Waals surface area contributed by atoms with Gasteiger partial charge in [0.15, 0.2) is 0 Å². The lowest BCUT2D eigenvalue weighted by molar-refractivity contribution is -0.146. The van der Waals surface area contributed by atoms with E-state index in [0.29, 0.717) is 64.7 Å². The summed E-state index contributed by atoms with van der Waals surface area (Å²) in [6.07, 6.45) is 8.21. The van der Waals surface area contributed by atoms with Gasteiger partial charge in [0, 0.05) is 41.3 Å². The van der Waals surface area contributed by atoms with E-state index in [2.05, 4.69) is 22.1 Å².